The van der Waals surface area contributed by atoms with E-state index < -0.39 is 5.91 Å². The summed E-state index contributed by atoms with van der Waals surface area (Å²) in [6, 6.07) is 15.6. The molecule has 2 N–H and O–H groups in total. The molecule has 2 nitrogen and oxygen atoms in total. The van der Waals surface area contributed by atoms with Gasteiger partial charge in [-0.05, 0) is 30.2 Å². The van der Waals surface area contributed by atoms with Crippen molar-refractivity contribution in [1.29, 1.82) is 0 Å². The quantitative estimate of drug-likeness (QED) is 0.815. The highest BCUT2D eigenvalue weighted by atomic mass is 16.1. The van der Waals surface area contributed by atoms with Crippen molar-refractivity contribution in [2.24, 2.45) is 5.73 Å². The number of hydrogen-bond donors (Lipinski definition) is 1. The molecule has 0 spiro atoms. The molecule has 0 aliphatic heterocycles. The molecule has 0 aromatic heterocycles. The number of primary amides is 1. The first-order valence-electron chi connectivity index (χ1n) is 5.14. The lowest BCUT2D eigenvalue weighted by molar-refractivity contribution is 0.100. The average molecular weight is 211 g/mol. The summed E-state index contributed by atoms with van der Waals surface area (Å²) in [6.07, 6.45) is 0. The lowest BCUT2D eigenvalue weighted by atomic mass is 10.0. The van der Waals surface area contributed by atoms with Gasteiger partial charge in [-0.25, -0.2) is 0 Å². The number of aryl methyl sites for hydroxylation is 1. The van der Waals surface area contributed by atoms with Crippen molar-refractivity contribution >= 4 is 5.91 Å². The highest BCUT2D eigenvalue weighted by Gasteiger charge is 2.01. The standard InChI is InChI=1S/C14H13NO/c1-10-2-4-11(5-3-10)12-6-8-13(9-7-12)14(15)16/h2-9H,1H3,(H2,15,16). The molecule has 0 saturated carbocycles. The van der Waals surface area contributed by atoms with Gasteiger partial charge >= 0.3 is 0 Å². The van der Waals surface area contributed by atoms with Crippen LogP contribution in [-0.4, -0.2) is 5.91 Å². The third-order valence-electron chi connectivity index (χ3n) is 2.55. The SMILES string of the molecule is Cc1ccc(-c2ccc(C(N)=O)cc2)cc1. The first kappa shape index (κ1) is 10.4. The van der Waals surface area contributed by atoms with Crippen molar-refractivity contribution in [2.75, 3.05) is 0 Å². The Morgan fingerprint density at radius 2 is 1.31 bits per heavy atom. The molecule has 0 atom stereocenters. The maximum atomic E-state index is 10.9. The number of carbonyl (C=O) groups is 1. The normalized spacial score (nSPS) is 10.1. The van der Waals surface area contributed by atoms with Crippen molar-refractivity contribution in [3.63, 3.8) is 0 Å². The number of carbonyl (C=O) groups excluding carboxylic acids is 1. The molecule has 0 saturated heterocycles. The predicted octanol–water partition coefficient (Wildman–Crippen LogP) is 2.76. The van der Waals surface area contributed by atoms with Crippen LogP contribution in [-0.2, 0) is 0 Å². The van der Waals surface area contributed by atoms with Gasteiger partial charge in [0.05, 0.1) is 0 Å². The second kappa shape index (κ2) is 4.19. The Morgan fingerprint density at radius 3 is 1.75 bits per heavy atom. The van der Waals surface area contributed by atoms with Gasteiger partial charge in [0.1, 0.15) is 0 Å². The van der Waals surface area contributed by atoms with E-state index in [1.807, 2.05) is 12.1 Å². The largest absolute Gasteiger partial charge is 0.366 e. The molecule has 0 bridgehead atoms. The first-order valence-corrected chi connectivity index (χ1v) is 5.14. The van der Waals surface area contributed by atoms with Crippen molar-refractivity contribution in [2.45, 2.75) is 6.92 Å². The highest BCUT2D eigenvalue weighted by molar-refractivity contribution is 5.93. The van der Waals surface area contributed by atoms with Gasteiger partial charge in [-0.1, -0.05) is 42.0 Å². The van der Waals surface area contributed by atoms with Gasteiger partial charge in [-0.2, -0.15) is 0 Å². The maximum Gasteiger partial charge on any atom is 0.248 e. The Hall–Kier alpha value is -2.09. The van der Waals surface area contributed by atoms with Crippen molar-refractivity contribution in [1.82, 2.24) is 0 Å². The fourth-order valence-electron chi connectivity index (χ4n) is 1.57. The van der Waals surface area contributed by atoms with Gasteiger partial charge in [0.25, 0.3) is 0 Å². The molecule has 0 aliphatic rings. The molecule has 0 radical (unpaired) electrons. The molecule has 0 unspecified atom stereocenters. The summed E-state index contributed by atoms with van der Waals surface area (Å²) in [5, 5.41) is 0. The smallest absolute Gasteiger partial charge is 0.248 e. The van der Waals surface area contributed by atoms with Crippen LogP contribution in [0.25, 0.3) is 11.1 Å². The summed E-state index contributed by atoms with van der Waals surface area (Å²) in [5.74, 6) is -0.393. The molecular weight excluding hydrogens is 198 g/mol. The summed E-state index contributed by atoms with van der Waals surface area (Å²) in [4.78, 5) is 10.9. The molecule has 2 aromatic carbocycles. The number of benzene rings is 2. The third-order valence-corrected chi connectivity index (χ3v) is 2.55. The van der Waals surface area contributed by atoms with Gasteiger partial charge in [0.2, 0.25) is 5.91 Å². The van der Waals surface area contributed by atoms with Crippen molar-refractivity contribution in [3.8, 4) is 11.1 Å². The van der Waals surface area contributed by atoms with Gasteiger partial charge in [-0.3, -0.25) is 4.79 Å². The fraction of sp³-hybridized carbons (Fsp3) is 0.0714. The van der Waals surface area contributed by atoms with Crippen LogP contribution in [0.2, 0.25) is 0 Å². The van der Waals surface area contributed by atoms with E-state index >= 15 is 0 Å². The molecule has 1 amide bonds. The Labute approximate surface area is 94.7 Å². The van der Waals surface area contributed by atoms with E-state index in [0.717, 1.165) is 11.1 Å². The van der Waals surface area contributed by atoms with Gasteiger partial charge < -0.3 is 5.73 Å². The van der Waals surface area contributed by atoms with Crippen LogP contribution in [0.4, 0.5) is 0 Å². The van der Waals surface area contributed by atoms with E-state index in [0.29, 0.717) is 5.56 Å². The molecule has 0 aliphatic carbocycles. The third kappa shape index (κ3) is 2.11. The fourth-order valence-corrected chi connectivity index (χ4v) is 1.57. The van der Waals surface area contributed by atoms with Gasteiger partial charge in [0.15, 0.2) is 0 Å². The van der Waals surface area contributed by atoms with Crippen LogP contribution in [0.3, 0.4) is 0 Å². The lowest BCUT2D eigenvalue weighted by Crippen LogP contribution is -2.10. The summed E-state index contributed by atoms with van der Waals surface area (Å²) in [6.45, 7) is 2.06. The summed E-state index contributed by atoms with van der Waals surface area (Å²) >= 11 is 0. The van der Waals surface area contributed by atoms with E-state index in [1.165, 1.54) is 5.56 Å². The highest BCUT2D eigenvalue weighted by Crippen LogP contribution is 2.19. The molecule has 2 aromatic rings. The van der Waals surface area contributed by atoms with E-state index in [4.69, 9.17) is 5.73 Å². The molecule has 2 heteroatoms. The number of nitrogens with two attached hydrogens (primary N) is 1. The minimum absolute atomic E-state index is 0.393. The molecule has 0 heterocycles. The van der Waals surface area contributed by atoms with Gasteiger partial charge in [0, 0.05) is 5.56 Å². The molecule has 0 fully saturated rings. The number of hydrogen-bond acceptors (Lipinski definition) is 1. The van der Waals surface area contributed by atoms with Crippen LogP contribution < -0.4 is 5.73 Å². The lowest BCUT2D eigenvalue weighted by Gasteiger charge is -2.03. The Kier molecular flexibility index (Phi) is 2.73. The van der Waals surface area contributed by atoms with Crippen molar-refractivity contribution < 1.29 is 4.79 Å². The minimum atomic E-state index is -0.393. The Bertz CT molecular complexity index is 497. The average Bonchev–Trinajstić information content (AvgIpc) is 2.30. The molecule has 80 valence electrons. The van der Waals surface area contributed by atoms with Crippen LogP contribution in [0.15, 0.2) is 48.5 Å². The van der Waals surface area contributed by atoms with Crippen LogP contribution >= 0.6 is 0 Å². The summed E-state index contributed by atoms with van der Waals surface area (Å²) in [5.41, 5.74) is 9.18. The van der Waals surface area contributed by atoms with Crippen LogP contribution in [0, 0.1) is 6.92 Å². The zero-order valence-corrected chi connectivity index (χ0v) is 9.10. The first-order chi connectivity index (χ1) is 7.66. The van der Waals surface area contributed by atoms with E-state index in [2.05, 4.69) is 31.2 Å². The zero-order chi connectivity index (χ0) is 11.5. The number of amides is 1. The Balaban J connectivity index is 2.34. The van der Waals surface area contributed by atoms with Crippen LogP contribution in [0.5, 0.6) is 0 Å². The molecular formula is C14H13NO. The summed E-state index contributed by atoms with van der Waals surface area (Å²) in [7, 11) is 0. The van der Waals surface area contributed by atoms with E-state index in [-0.39, 0.29) is 0 Å². The predicted molar refractivity (Wildman–Crippen MR) is 65.1 cm³/mol. The summed E-state index contributed by atoms with van der Waals surface area (Å²) < 4.78 is 0. The van der Waals surface area contributed by atoms with Gasteiger partial charge in [-0.15, -0.1) is 0 Å². The molecule has 16 heavy (non-hydrogen) atoms. The monoisotopic (exact) mass is 211 g/mol. The minimum Gasteiger partial charge on any atom is -0.366 e. The van der Waals surface area contributed by atoms with Crippen LogP contribution in [0.1, 0.15) is 15.9 Å². The topological polar surface area (TPSA) is 43.1 Å². The zero-order valence-electron chi connectivity index (χ0n) is 9.10. The second-order valence-electron chi connectivity index (χ2n) is 3.81. The Morgan fingerprint density at radius 1 is 0.875 bits per heavy atom. The number of rotatable bonds is 2. The van der Waals surface area contributed by atoms with Crippen molar-refractivity contribution in [3.05, 3.63) is 59.7 Å². The maximum absolute atomic E-state index is 10.9. The molecule has 2 rings (SSSR count). The second-order valence-corrected chi connectivity index (χ2v) is 3.81. The van der Waals surface area contributed by atoms with E-state index in [1.54, 1.807) is 12.1 Å². The van der Waals surface area contributed by atoms with E-state index in [9.17, 15) is 4.79 Å².